The number of hydrogen-bond acceptors (Lipinski definition) is 9. The monoisotopic (exact) mass is 572 g/mol. The second kappa shape index (κ2) is 11.4. The zero-order valence-electron chi connectivity index (χ0n) is 21.9. The topological polar surface area (TPSA) is 120 Å². The standard InChI is InChI=1S/C27H30Cl2N6O4/c1-5-21(36)32-17-11-39-12-18(17)34-27-30-10-15-8-16(22-23(28)19(37-3)9-20(38-4)24(22)29)33-26(25(15)35-27)31-13(2)14-6-7-14/h5,8-10,13-14,17-18H,1,6-7,11-12H2,2-4H3,(H,31,33)(H,32,36)(H,30,34,35)/t13-,17-,18+/m0/s1. The molecule has 0 unspecified atom stereocenters. The molecule has 10 nitrogen and oxygen atoms in total. The number of fused-ring (bicyclic) bond motifs is 1. The van der Waals surface area contributed by atoms with Gasteiger partial charge in [0.1, 0.15) is 17.0 Å². The summed E-state index contributed by atoms with van der Waals surface area (Å²) in [6, 6.07) is 3.22. The number of nitrogens with zero attached hydrogens (tertiary/aromatic N) is 3. The number of aromatic nitrogens is 3. The summed E-state index contributed by atoms with van der Waals surface area (Å²) >= 11 is 13.4. The molecule has 0 spiro atoms. The molecule has 5 rings (SSSR count). The number of hydrogen-bond donors (Lipinski definition) is 3. The first-order valence-electron chi connectivity index (χ1n) is 12.6. The second-order valence-corrected chi connectivity index (χ2v) is 10.4. The first-order chi connectivity index (χ1) is 18.8. The van der Waals surface area contributed by atoms with Gasteiger partial charge >= 0.3 is 0 Å². The molecule has 1 saturated heterocycles. The third kappa shape index (κ3) is 5.68. The summed E-state index contributed by atoms with van der Waals surface area (Å²) in [5, 5.41) is 11.1. The predicted octanol–water partition coefficient (Wildman–Crippen LogP) is 4.71. The summed E-state index contributed by atoms with van der Waals surface area (Å²) in [6.45, 7) is 6.43. The van der Waals surface area contributed by atoms with E-state index in [1.54, 1.807) is 12.3 Å². The molecule has 39 heavy (non-hydrogen) atoms. The van der Waals surface area contributed by atoms with Gasteiger partial charge in [-0.2, -0.15) is 0 Å². The fourth-order valence-electron chi connectivity index (χ4n) is 4.62. The Morgan fingerprint density at radius 2 is 1.82 bits per heavy atom. The van der Waals surface area contributed by atoms with Crippen LogP contribution in [0.15, 0.2) is 31.0 Å². The van der Waals surface area contributed by atoms with Gasteiger partial charge in [-0.25, -0.2) is 15.0 Å². The molecular weight excluding hydrogens is 543 g/mol. The van der Waals surface area contributed by atoms with Crippen LogP contribution in [0.4, 0.5) is 11.8 Å². The number of ether oxygens (including phenoxy) is 3. The maximum atomic E-state index is 11.8. The van der Waals surface area contributed by atoms with Gasteiger partial charge < -0.3 is 30.2 Å². The summed E-state index contributed by atoms with van der Waals surface area (Å²) < 4.78 is 16.5. The van der Waals surface area contributed by atoms with Crippen LogP contribution in [0.25, 0.3) is 22.2 Å². The van der Waals surface area contributed by atoms with E-state index in [-0.39, 0.29) is 24.0 Å². The van der Waals surface area contributed by atoms with Crippen LogP contribution in [0.1, 0.15) is 19.8 Å². The molecule has 2 aliphatic rings. The van der Waals surface area contributed by atoms with Crippen LogP contribution in [-0.4, -0.2) is 66.4 Å². The quantitative estimate of drug-likeness (QED) is 0.297. The smallest absolute Gasteiger partial charge is 0.243 e. The first kappa shape index (κ1) is 27.2. The van der Waals surface area contributed by atoms with Crippen molar-refractivity contribution < 1.29 is 19.0 Å². The number of pyridine rings is 1. The lowest BCUT2D eigenvalue weighted by Crippen LogP contribution is -2.45. The van der Waals surface area contributed by atoms with E-state index < -0.39 is 0 Å². The van der Waals surface area contributed by atoms with E-state index >= 15 is 0 Å². The molecule has 1 aliphatic heterocycles. The summed E-state index contributed by atoms with van der Waals surface area (Å²) in [4.78, 5) is 26.1. The highest BCUT2D eigenvalue weighted by atomic mass is 35.5. The van der Waals surface area contributed by atoms with Gasteiger partial charge in [-0.1, -0.05) is 29.8 Å². The van der Waals surface area contributed by atoms with Gasteiger partial charge in [-0.15, -0.1) is 0 Å². The van der Waals surface area contributed by atoms with Crippen LogP contribution in [0, 0.1) is 5.92 Å². The van der Waals surface area contributed by atoms with E-state index in [4.69, 9.17) is 47.4 Å². The van der Waals surface area contributed by atoms with Gasteiger partial charge in [0, 0.05) is 29.3 Å². The first-order valence-corrected chi connectivity index (χ1v) is 13.4. The van der Waals surface area contributed by atoms with Gasteiger partial charge in [0.05, 0.1) is 55.3 Å². The Morgan fingerprint density at radius 3 is 2.46 bits per heavy atom. The second-order valence-electron chi connectivity index (χ2n) is 9.65. The van der Waals surface area contributed by atoms with Crippen LogP contribution < -0.4 is 25.4 Å². The zero-order valence-corrected chi connectivity index (χ0v) is 23.4. The van der Waals surface area contributed by atoms with E-state index in [2.05, 4.69) is 34.4 Å². The number of carbonyl (C=O) groups excluding carboxylic acids is 1. The molecule has 2 fully saturated rings. The molecular formula is C27H30Cl2N6O4. The van der Waals surface area contributed by atoms with Crippen molar-refractivity contribution in [2.75, 3.05) is 38.1 Å². The number of carbonyl (C=O) groups is 1. The SMILES string of the molecule is C=CC(=O)N[C@H]1COC[C@H]1Nc1ncc2cc(-c3c(Cl)c(OC)cc(OC)c3Cl)nc(N[C@@H](C)C3CC3)c2n1. The van der Waals surface area contributed by atoms with Crippen molar-refractivity contribution in [3.8, 4) is 22.8 Å². The zero-order chi connectivity index (χ0) is 27.7. The summed E-state index contributed by atoms with van der Waals surface area (Å²) in [7, 11) is 3.06. The van der Waals surface area contributed by atoms with E-state index in [0.29, 0.717) is 69.2 Å². The number of nitrogens with one attached hydrogen (secondary N) is 3. The summed E-state index contributed by atoms with van der Waals surface area (Å²) in [5.41, 5.74) is 1.65. The fraction of sp³-hybridized carbons (Fsp3) is 0.407. The van der Waals surface area contributed by atoms with Gasteiger partial charge in [-0.3, -0.25) is 4.79 Å². The van der Waals surface area contributed by atoms with E-state index in [9.17, 15) is 4.79 Å². The molecule has 1 saturated carbocycles. The minimum atomic E-state index is -0.263. The average molecular weight is 573 g/mol. The number of methoxy groups -OCH3 is 2. The van der Waals surface area contributed by atoms with Crippen LogP contribution in [0.2, 0.25) is 10.0 Å². The maximum Gasteiger partial charge on any atom is 0.243 e. The molecule has 12 heteroatoms. The maximum absolute atomic E-state index is 11.8. The molecule has 1 aromatic carbocycles. The Balaban J connectivity index is 1.56. The minimum Gasteiger partial charge on any atom is -0.495 e. The lowest BCUT2D eigenvalue weighted by molar-refractivity contribution is -0.117. The Bertz CT molecular complexity index is 1390. The van der Waals surface area contributed by atoms with E-state index in [1.807, 2.05) is 6.07 Å². The molecule has 1 amide bonds. The fourth-order valence-corrected chi connectivity index (χ4v) is 5.32. The van der Waals surface area contributed by atoms with Crippen molar-refractivity contribution >= 4 is 51.8 Å². The Hall–Kier alpha value is -3.34. The van der Waals surface area contributed by atoms with Crippen molar-refractivity contribution in [2.45, 2.75) is 37.9 Å². The Morgan fingerprint density at radius 1 is 1.13 bits per heavy atom. The Kier molecular flexibility index (Phi) is 7.97. The molecule has 0 radical (unpaired) electrons. The third-order valence-electron chi connectivity index (χ3n) is 7.00. The number of benzene rings is 1. The normalized spacial score (nSPS) is 19.4. The number of anilines is 2. The molecule has 3 aromatic rings. The average Bonchev–Trinajstić information content (AvgIpc) is 3.70. The third-order valence-corrected chi connectivity index (χ3v) is 7.75. The summed E-state index contributed by atoms with van der Waals surface area (Å²) in [5.74, 6) is 2.12. The van der Waals surface area contributed by atoms with Gasteiger partial charge in [0.2, 0.25) is 11.9 Å². The highest BCUT2D eigenvalue weighted by Crippen LogP contribution is 2.46. The lowest BCUT2D eigenvalue weighted by atomic mass is 10.1. The molecule has 0 bridgehead atoms. The highest BCUT2D eigenvalue weighted by Gasteiger charge is 2.31. The van der Waals surface area contributed by atoms with Crippen molar-refractivity contribution in [3.05, 3.63) is 41.0 Å². The van der Waals surface area contributed by atoms with Crippen molar-refractivity contribution in [3.63, 3.8) is 0 Å². The van der Waals surface area contributed by atoms with E-state index in [0.717, 1.165) is 18.2 Å². The molecule has 3 heterocycles. The summed E-state index contributed by atoms with van der Waals surface area (Å²) in [6.07, 6.45) is 5.28. The van der Waals surface area contributed by atoms with Crippen LogP contribution in [0.5, 0.6) is 11.5 Å². The number of amides is 1. The number of rotatable bonds is 10. The lowest BCUT2D eigenvalue weighted by Gasteiger charge is -2.21. The van der Waals surface area contributed by atoms with E-state index in [1.165, 1.54) is 20.3 Å². The largest absolute Gasteiger partial charge is 0.495 e. The van der Waals surface area contributed by atoms with Gasteiger partial charge in [0.25, 0.3) is 0 Å². The number of halogens is 2. The molecule has 1 aliphatic carbocycles. The van der Waals surface area contributed by atoms with Crippen LogP contribution in [0.3, 0.4) is 0 Å². The van der Waals surface area contributed by atoms with Crippen molar-refractivity contribution in [1.29, 1.82) is 0 Å². The van der Waals surface area contributed by atoms with Crippen molar-refractivity contribution in [2.24, 2.45) is 5.92 Å². The predicted molar refractivity (Wildman–Crippen MR) is 152 cm³/mol. The van der Waals surface area contributed by atoms with Crippen molar-refractivity contribution in [1.82, 2.24) is 20.3 Å². The Labute approximate surface area is 236 Å². The molecule has 2 aromatic heterocycles. The van der Waals surface area contributed by atoms with Crippen LogP contribution in [-0.2, 0) is 9.53 Å². The highest BCUT2D eigenvalue weighted by molar-refractivity contribution is 6.41. The molecule has 206 valence electrons. The minimum absolute atomic E-state index is 0.190. The molecule has 3 N–H and O–H groups in total. The molecule has 3 atom stereocenters. The van der Waals surface area contributed by atoms with Gasteiger partial charge in [0.15, 0.2) is 5.82 Å². The van der Waals surface area contributed by atoms with Crippen LogP contribution >= 0.6 is 23.2 Å². The van der Waals surface area contributed by atoms with Gasteiger partial charge in [-0.05, 0) is 37.8 Å².